The largest absolute Gasteiger partial charge is 0.463 e. The van der Waals surface area contributed by atoms with Gasteiger partial charge in [-0.05, 0) is 19.8 Å². The average Bonchev–Trinajstić information content (AvgIpc) is 1.99. The molecule has 0 unspecified atom stereocenters. The summed E-state index contributed by atoms with van der Waals surface area (Å²) in [5.41, 5.74) is 0. The van der Waals surface area contributed by atoms with E-state index in [-0.39, 0.29) is 5.97 Å². The molecule has 0 saturated heterocycles. The molecule has 0 aliphatic rings. The zero-order chi connectivity index (χ0) is 8.53. The van der Waals surface area contributed by atoms with E-state index in [0.29, 0.717) is 12.5 Å². The summed E-state index contributed by atoms with van der Waals surface area (Å²) in [5, 5.41) is 0. The van der Waals surface area contributed by atoms with Crippen LogP contribution in [0.5, 0.6) is 0 Å². The number of allylic oxidation sites excluding steroid dienone is 1. The Hall–Kier alpha value is -0.500. The second-order valence-corrected chi connectivity index (χ2v) is 2.36. The molecule has 0 aromatic heterocycles. The van der Waals surface area contributed by atoms with E-state index in [4.69, 9.17) is 11.6 Å². The van der Waals surface area contributed by atoms with Crippen LogP contribution in [0.25, 0.3) is 0 Å². The summed E-state index contributed by atoms with van der Waals surface area (Å²) in [4.78, 5) is 10.7. The van der Waals surface area contributed by atoms with E-state index in [2.05, 4.69) is 4.74 Å². The molecule has 0 bridgehead atoms. The van der Waals surface area contributed by atoms with Crippen molar-refractivity contribution >= 4 is 17.6 Å². The van der Waals surface area contributed by atoms with Gasteiger partial charge < -0.3 is 4.74 Å². The summed E-state index contributed by atoms with van der Waals surface area (Å²) >= 11 is 5.43. The lowest BCUT2D eigenvalue weighted by Crippen LogP contribution is -1.98. The van der Waals surface area contributed by atoms with Crippen molar-refractivity contribution < 1.29 is 9.53 Å². The molecule has 64 valence electrons. The predicted molar refractivity (Wildman–Crippen MR) is 45.7 cm³/mol. The van der Waals surface area contributed by atoms with Gasteiger partial charge in [-0.2, -0.15) is 0 Å². The molecule has 0 spiro atoms. The fourth-order valence-corrected chi connectivity index (χ4v) is 0.719. The van der Waals surface area contributed by atoms with Gasteiger partial charge in [0.15, 0.2) is 0 Å². The summed E-state index contributed by atoms with van der Waals surface area (Å²) in [5.74, 6) is 0.356. The van der Waals surface area contributed by atoms with Gasteiger partial charge in [0.05, 0.1) is 6.61 Å². The minimum absolute atomic E-state index is 0.276. The Kier molecular flexibility index (Phi) is 7.26. The highest BCUT2D eigenvalue weighted by Gasteiger charge is 1.91. The Morgan fingerprint density at radius 1 is 1.64 bits per heavy atom. The number of carbonyl (C=O) groups excluding carboxylic acids is 1. The second kappa shape index (κ2) is 7.61. The van der Waals surface area contributed by atoms with E-state index >= 15 is 0 Å². The number of hydrogen-bond donors (Lipinski definition) is 0. The molecule has 3 heteroatoms. The Morgan fingerprint density at radius 3 is 2.91 bits per heavy atom. The van der Waals surface area contributed by atoms with Crippen LogP contribution in [0, 0.1) is 0 Å². The monoisotopic (exact) mass is 176 g/mol. The Morgan fingerprint density at radius 2 is 2.36 bits per heavy atom. The molecule has 0 rings (SSSR count). The van der Waals surface area contributed by atoms with Crippen LogP contribution in [0.3, 0.4) is 0 Å². The van der Waals surface area contributed by atoms with E-state index < -0.39 is 0 Å². The van der Waals surface area contributed by atoms with Gasteiger partial charge in [-0.3, -0.25) is 0 Å². The van der Waals surface area contributed by atoms with Crippen LogP contribution in [-0.4, -0.2) is 18.5 Å². The number of unbranched alkanes of at least 4 members (excludes halogenated alkanes) is 1. The smallest absolute Gasteiger partial charge is 0.330 e. The number of ether oxygens (including phenoxy) is 1. The predicted octanol–water partition coefficient (Wildman–Crippen LogP) is 2.12. The van der Waals surface area contributed by atoms with Crippen molar-refractivity contribution in [1.29, 1.82) is 0 Å². The molecule has 0 N–H and O–H groups in total. The van der Waals surface area contributed by atoms with Crippen molar-refractivity contribution in [2.24, 2.45) is 0 Å². The third-order valence-electron chi connectivity index (χ3n) is 1.04. The highest BCUT2D eigenvalue weighted by molar-refractivity contribution is 6.17. The number of rotatable bonds is 5. The molecule has 0 heterocycles. The molecular formula is C8H13ClO2. The molecule has 0 aromatic rings. The molecule has 0 aliphatic carbocycles. The van der Waals surface area contributed by atoms with Gasteiger partial charge in [0.25, 0.3) is 0 Å². The van der Waals surface area contributed by atoms with Crippen LogP contribution in [-0.2, 0) is 9.53 Å². The summed E-state index contributed by atoms with van der Waals surface area (Å²) in [6.45, 7) is 2.21. The minimum atomic E-state index is -0.276. The van der Waals surface area contributed by atoms with Gasteiger partial charge >= 0.3 is 5.97 Å². The van der Waals surface area contributed by atoms with Gasteiger partial charge in [0.2, 0.25) is 0 Å². The first kappa shape index (κ1) is 10.5. The Bertz CT molecular complexity index is 132. The topological polar surface area (TPSA) is 26.3 Å². The Balaban J connectivity index is 3.32. The molecule has 2 nitrogen and oxygen atoms in total. The number of carbonyl (C=O) groups is 1. The summed E-state index contributed by atoms with van der Waals surface area (Å²) < 4.78 is 4.66. The van der Waals surface area contributed by atoms with Crippen LogP contribution in [0.15, 0.2) is 12.2 Å². The van der Waals surface area contributed by atoms with Gasteiger partial charge in [-0.25, -0.2) is 4.79 Å². The standard InChI is InChI=1S/C8H13ClO2/c1-2-11-8(10)6-4-3-5-7-9/h4,6H,2-3,5,7H2,1H3/b6-4-. The van der Waals surface area contributed by atoms with Crippen molar-refractivity contribution in [2.75, 3.05) is 12.5 Å². The normalized spacial score (nSPS) is 10.4. The summed E-state index contributed by atoms with van der Waals surface area (Å²) in [6, 6.07) is 0. The zero-order valence-electron chi connectivity index (χ0n) is 6.68. The molecular weight excluding hydrogens is 164 g/mol. The third-order valence-corrected chi connectivity index (χ3v) is 1.31. The average molecular weight is 177 g/mol. The van der Waals surface area contributed by atoms with Crippen LogP contribution in [0.1, 0.15) is 19.8 Å². The van der Waals surface area contributed by atoms with Crippen LogP contribution >= 0.6 is 11.6 Å². The first-order valence-corrected chi connectivity index (χ1v) is 4.24. The van der Waals surface area contributed by atoms with Crippen molar-refractivity contribution in [3.63, 3.8) is 0 Å². The first-order chi connectivity index (χ1) is 5.31. The molecule has 0 amide bonds. The minimum Gasteiger partial charge on any atom is -0.463 e. The molecule has 11 heavy (non-hydrogen) atoms. The summed E-state index contributed by atoms with van der Waals surface area (Å²) in [7, 11) is 0. The maximum atomic E-state index is 10.7. The lowest BCUT2D eigenvalue weighted by atomic mass is 10.3. The van der Waals surface area contributed by atoms with Crippen molar-refractivity contribution in [1.82, 2.24) is 0 Å². The Labute approximate surface area is 72.2 Å². The van der Waals surface area contributed by atoms with E-state index in [1.165, 1.54) is 6.08 Å². The molecule has 0 fully saturated rings. The maximum absolute atomic E-state index is 10.7. The first-order valence-electron chi connectivity index (χ1n) is 3.70. The van der Waals surface area contributed by atoms with E-state index in [1.807, 2.05) is 0 Å². The second-order valence-electron chi connectivity index (χ2n) is 1.99. The molecule has 0 aromatic carbocycles. The zero-order valence-corrected chi connectivity index (χ0v) is 7.43. The highest BCUT2D eigenvalue weighted by Crippen LogP contribution is 1.93. The van der Waals surface area contributed by atoms with Crippen LogP contribution < -0.4 is 0 Å². The molecule has 0 saturated carbocycles. The highest BCUT2D eigenvalue weighted by atomic mass is 35.5. The summed E-state index contributed by atoms with van der Waals surface area (Å²) in [6.07, 6.45) is 4.95. The number of esters is 1. The van der Waals surface area contributed by atoms with Gasteiger partial charge in [-0.1, -0.05) is 6.08 Å². The maximum Gasteiger partial charge on any atom is 0.330 e. The van der Waals surface area contributed by atoms with Crippen molar-refractivity contribution in [2.45, 2.75) is 19.8 Å². The van der Waals surface area contributed by atoms with Gasteiger partial charge in [0, 0.05) is 12.0 Å². The SMILES string of the molecule is CCOC(=O)/C=C\CCCCl. The van der Waals surface area contributed by atoms with Gasteiger partial charge in [-0.15, -0.1) is 11.6 Å². The molecule has 0 atom stereocenters. The van der Waals surface area contributed by atoms with E-state index in [9.17, 15) is 4.79 Å². The van der Waals surface area contributed by atoms with E-state index in [0.717, 1.165) is 12.8 Å². The third kappa shape index (κ3) is 7.40. The lowest BCUT2D eigenvalue weighted by molar-refractivity contribution is -0.137. The fraction of sp³-hybridized carbons (Fsp3) is 0.625. The number of hydrogen-bond acceptors (Lipinski definition) is 2. The van der Waals surface area contributed by atoms with Crippen molar-refractivity contribution in [3.05, 3.63) is 12.2 Å². The van der Waals surface area contributed by atoms with E-state index in [1.54, 1.807) is 13.0 Å². The van der Waals surface area contributed by atoms with Crippen molar-refractivity contribution in [3.8, 4) is 0 Å². The number of halogens is 1. The van der Waals surface area contributed by atoms with Gasteiger partial charge in [0.1, 0.15) is 0 Å². The van der Waals surface area contributed by atoms with Crippen LogP contribution in [0.4, 0.5) is 0 Å². The number of alkyl halides is 1. The quantitative estimate of drug-likeness (QED) is 0.278. The fourth-order valence-electron chi connectivity index (χ4n) is 0.565. The van der Waals surface area contributed by atoms with Crippen LogP contribution in [0.2, 0.25) is 0 Å². The molecule has 0 radical (unpaired) electrons. The molecule has 0 aliphatic heterocycles. The lowest BCUT2D eigenvalue weighted by Gasteiger charge is -1.93.